The number of hydrogen-bond donors (Lipinski definition) is 1. The van der Waals surface area contributed by atoms with Crippen LogP contribution in [0, 0.1) is 12.8 Å². The summed E-state index contributed by atoms with van der Waals surface area (Å²) in [5.41, 5.74) is 3.86. The van der Waals surface area contributed by atoms with Crippen molar-refractivity contribution in [1.82, 2.24) is 9.88 Å². The summed E-state index contributed by atoms with van der Waals surface area (Å²) in [4.78, 5) is 30.1. The van der Waals surface area contributed by atoms with Gasteiger partial charge in [0.15, 0.2) is 0 Å². The van der Waals surface area contributed by atoms with Crippen LogP contribution in [-0.4, -0.2) is 34.8 Å². The first kappa shape index (κ1) is 16.2. The molecule has 0 aliphatic carbocycles. The summed E-state index contributed by atoms with van der Waals surface area (Å²) >= 11 is 0. The molecule has 1 aliphatic rings. The number of rotatable bonds is 4. The van der Waals surface area contributed by atoms with Gasteiger partial charge < -0.3 is 10.2 Å². The Balaban J connectivity index is 1.78. The van der Waals surface area contributed by atoms with E-state index in [0.29, 0.717) is 19.5 Å². The number of nitrogens with zero attached hydrogens (tertiary/aromatic N) is 2. The Hall–Kier alpha value is -2.69. The van der Waals surface area contributed by atoms with Gasteiger partial charge in [-0.05, 0) is 48.7 Å². The number of aromatic nitrogens is 1. The highest BCUT2D eigenvalue weighted by Crippen LogP contribution is 2.26. The molecule has 24 heavy (non-hydrogen) atoms. The maximum atomic E-state index is 12.5. The quantitative estimate of drug-likeness (QED) is 0.941. The number of amides is 2. The molecule has 124 valence electrons. The summed E-state index contributed by atoms with van der Waals surface area (Å²) in [5.74, 6) is -0.310. The SMILES string of the molecule is CCN1CC(C(=O)Nc2cc(-c3ccncc3)ccc2C)CC1=O. The molecular formula is C19H21N3O2. The van der Waals surface area contributed by atoms with E-state index in [1.54, 1.807) is 17.3 Å². The third-order valence-electron chi connectivity index (χ3n) is 4.48. The van der Waals surface area contributed by atoms with E-state index in [9.17, 15) is 9.59 Å². The molecule has 1 unspecified atom stereocenters. The normalized spacial score (nSPS) is 17.2. The van der Waals surface area contributed by atoms with E-state index in [1.165, 1.54) is 0 Å². The number of likely N-dealkylation sites (tertiary alicyclic amines) is 1. The second-order valence-corrected chi connectivity index (χ2v) is 6.09. The molecule has 1 N–H and O–H groups in total. The zero-order chi connectivity index (χ0) is 17.1. The third kappa shape index (κ3) is 3.30. The molecule has 0 radical (unpaired) electrons. The van der Waals surface area contributed by atoms with E-state index >= 15 is 0 Å². The Morgan fingerprint density at radius 1 is 1.25 bits per heavy atom. The van der Waals surface area contributed by atoms with E-state index in [0.717, 1.165) is 22.4 Å². The number of aryl methyl sites for hydroxylation is 1. The fraction of sp³-hybridized carbons (Fsp3) is 0.316. The van der Waals surface area contributed by atoms with Gasteiger partial charge in [-0.3, -0.25) is 14.6 Å². The van der Waals surface area contributed by atoms with Gasteiger partial charge in [0.2, 0.25) is 11.8 Å². The van der Waals surface area contributed by atoms with E-state index in [-0.39, 0.29) is 17.7 Å². The highest BCUT2D eigenvalue weighted by Gasteiger charge is 2.33. The molecule has 5 nitrogen and oxygen atoms in total. The standard InChI is InChI=1S/C19H21N3O2/c1-3-22-12-16(11-18(22)23)19(24)21-17-10-15(5-4-13(17)2)14-6-8-20-9-7-14/h4-10,16H,3,11-12H2,1-2H3,(H,21,24). The smallest absolute Gasteiger partial charge is 0.229 e. The van der Waals surface area contributed by atoms with Gasteiger partial charge >= 0.3 is 0 Å². The molecule has 3 rings (SSSR count). The lowest BCUT2D eigenvalue weighted by molar-refractivity contribution is -0.128. The summed E-state index contributed by atoms with van der Waals surface area (Å²) in [6.07, 6.45) is 3.79. The summed E-state index contributed by atoms with van der Waals surface area (Å²) in [6, 6.07) is 9.86. The first-order valence-corrected chi connectivity index (χ1v) is 8.18. The Labute approximate surface area is 141 Å². The van der Waals surface area contributed by atoms with Crippen LogP contribution in [-0.2, 0) is 9.59 Å². The van der Waals surface area contributed by atoms with Gasteiger partial charge in [0.25, 0.3) is 0 Å². The van der Waals surface area contributed by atoms with Crippen LogP contribution >= 0.6 is 0 Å². The van der Waals surface area contributed by atoms with Crippen molar-refractivity contribution in [3.05, 3.63) is 48.3 Å². The van der Waals surface area contributed by atoms with Crippen LogP contribution in [0.1, 0.15) is 18.9 Å². The Morgan fingerprint density at radius 2 is 2.00 bits per heavy atom. The number of carbonyl (C=O) groups is 2. The average molecular weight is 323 g/mol. The van der Waals surface area contributed by atoms with Crippen molar-refractivity contribution in [3.63, 3.8) is 0 Å². The lowest BCUT2D eigenvalue weighted by atomic mass is 10.0. The predicted octanol–water partition coefficient (Wildman–Crippen LogP) is 2.86. The van der Waals surface area contributed by atoms with Crippen LogP contribution in [0.4, 0.5) is 5.69 Å². The van der Waals surface area contributed by atoms with Gasteiger partial charge in [-0.2, -0.15) is 0 Å². The van der Waals surface area contributed by atoms with Crippen molar-refractivity contribution >= 4 is 17.5 Å². The Kier molecular flexibility index (Phi) is 4.60. The molecule has 2 heterocycles. The lowest BCUT2D eigenvalue weighted by Gasteiger charge is -2.15. The maximum Gasteiger partial charge on any atom is 0.229 e. The second-order valence-electron chi connectivity index (χ2n) is 6.09. The van der Waals surface area contributed by atoms with E-state index in [1.807, 2.05) is 44.2 Å². The van der Waals surface area contributed by atoms with Crippen molar-refractivity contribution in [1.29, 1.82) is 0 Å². The minimum absolute atomic E-state index is 0.0555. The number of benzene rings is 1. The minimum atomic E-state index is -0.276. The molecule has 1 atom stereocenters. The predicted molar refractivity (Wildman–Crippen MR) is 93.4 cm³/mol. The first-order valence-electron chi connectivity index (χ1n) is 8.18. The second kappa shape index (κ2) is 6.83. The van der Waals surface area contributed by atoms with Crippen LogP contribution in [0.25, 0.3) is 11.1 Å². The summed E-state index contributed by atoms with van der Waals surface area (Å²) in [6.45, 7) is 5.05. The third-order valence-corrected chi connectivity index (χ3v) is 4.48. The van der Waals surface area contributed by atoms with Crippen LogP contribution < -0.4 is 5.32 Å². The fourth-order valence-electron chi connectivity index (χ4n) is 2.97. The van der Waals surface area contributed by atoms with Crippen LogP contribution in [0.5, 0.6) is 0 Å². The summed E-state index contributed by atoms with van der Waals surface area (Å²) < 4.78 is 0. The van der Waals surface area contributed by atoms with Crippen molar-refractivity contribution in [2.24, 2.45) is 5.92 Å². The summed E-state index contributed by atoms with van der Waals surface area (Å²) in [5, 5.41) is 2.99. The molecule has 1 aliphatic heterocycles. The van der Waals surface area contributed by atoms with Crippen LogP contribution in [0.3, 0.4) is 0 Å². The Bertz CT molecular complexity index is 758. The highest BCUT2D eigenvalue weighted by molar-refractivity contribution is 5.98. The van der Waals surface area contributed by atoms with Crippen molar-refractivity contribution < 1.29 is 9.59 Å². The minimum Gasteiger partial charge on any atom is -0.342 e. The number of hydrogen-bond acceptors (Lipinski definition) is 3. The molecule has 2 aromatic rings. The van der Waals surface area contributed by atoms with Gasteiger partial charge in [0.1, 0.15) is 0 Å². The molecule has 2 amide bonds. The zero-order valence-electron chi connectivity index (χ0n) is 14.0. The van der Waals surface area contributed by atoms with Crippen molar-refractivity contribution in [2.45, 2.75) is 20.3 Å². The molecule has 1 aromatic carbocycles. The van der Waals surface area contributed by atoms with Gasteiger partial charge in [-0.15, -0.1) is 0 Å². The molecular weight excluding hydrogens is 302 g/mol. The summed E-state index contributed by atoms with van der Waals surface area (Å²) in [7, 11) is 0. The molecule has 5 heteroatoms. The number of anilines is 1. The van der Waals surface area contributed by atoms with Crippen LogP contribution in [0.2, 0.25) is 0 Å². The Morgan fingerprint density at radius 3 is 2.67 bits per heavy atom. The number of carbonyl (C=O) groups excluding carboxylic acids is 2. The molecule has 1 aromatic heterocycles. The zero-order valence-corrected chi connectivity index (χ0v) is 14.0. The molecule has 0 bridgehead atoms. The van der Waals surface area contributed by atoms with E-state index < -0.39 is 0 Å². The molecule has 0 spiro atoms. The maximum absolute atomic E-state index is 12.5. The largest absolute Gasteiger partial charge is 0.342 e. The molecule has 0 saturated carbocycles. The van der Waals surface area contributed by atoms with Crippen molar-refractivity contribution in [2.75, 3.05) is 18.4 Å². The highest BCUT2D eigenvalue weighted by atomic mass is 16.2. The topological polar surface area (TPSA) is 62.3 Å². The average Bonchev–Trinajstić information content (AvgIpc) is 2.98. The van der Waals surface area contributed by atoms with Crippen LogP contribution in [0.15, 0.2) is 42.7 Å². The number of pyridine rings is 1. The van der Waals surface area contributed by atoms with E-state index in [4.69, 9.17) is 0 Å². The van der Waals surface area contributed by atoms with Gasteiger partial charge in [-0.25, -0.2) is 0 Å². The molecule has 1 saturated heterocycles. The van der Waals surface area contributed by atoms with Gasteiger partial charge in [-0.1, -0.05) is 12.1 Å². The number of nitrogens with one attached hydrogen (secondary N) is 1. The first-order chi connectivity index (χ1) is 11.6. The van der Waals surface area contributed by atoms with Gasteiger partial charge in [0, 0.05) is 37.6 Å². The molecule has 1 fully saturated rings. The van der Waals surface area contributed by atoms with Gasteiger partial charge in [0.05, 0.1) is 5.92 Å². The monoisotopic (exact) mass is 323 g/mol. The lowest BCUT2D eigenvalue weighted by Crippen LogP contribution is -2.28. The van der Waals surface area contributed by atoms with Crippen molar-refractivity contribution in [3.8, 4) is 11.1 Å². The fourth-order valence-corrected chi connectivity index (χ4v) is 2.97. The van der Waals surface area contributed by atoms with E-state index in [2.05, 4.69) is 10.3 Å².